The molecule has 4 saturated heterocycles. The zero-order valence-corrected chi connectivity index (χ0v) is 31.2. The molecule has 0 aromatic heterocycles. The van der Waals surface area contributed by atoms with Gasteiger partial charge in [-0.05, 0) is 136 Å². The molecule has 7 unspecified atom stereocenters. The smallest absolute Gasteiger partial charge is 0.201 e. The Labute approximate surface area is 286 Å². The molecule has 0 amide bonds. The lowest BCUT2D eigenvalue weighted by atomic mass is 9.47. The molecule has 5 aliphatic carbocycles. The van der Waals surface area contributed by atoms with Crippen LogP contribution in [0.5, 0.6) is 0 Å². The summed E-state index contributed by atoms with van der Waals surface area (Å²) >= 11 is 0. The van der Waals surface area contributed by atoms with Gasteiger partial charge in [0.15, 0.2) is 18.2 Å². The predicted octanol–water partition coefficient (Wildman–Crippen LogP) is 10.6. The molecule has 47 heavy (non-hydrogen) atoms. The highest BCUT2D eigenvalue weighted by Gasteiger charge is 2.70. The van der Waals surface area contributed by atoms with Crippen molar-refractivity contribution in [2.24, 2.45) is 70.0 Å². The van der Waals surface area contributed by atoms with E-state index in [2.05, 4.69) is 54.5 Å². The molecular weight excluding hydrogens is 584 g/mol. The lowest BCUT2D eigenvalue weighted by Crippen LogP contribution is -2.70. The third-order valence-electron chi connectivity index (χ3n) is 16.7. The molecule has 8 fully saturated rings. The second-order valence-electron chi connectivity index (χ2n) is 19.6. The van der Waals surface area contributed by atoms with Crippen molar-refractivity contribution in [3.63, 3.8) is 0 Å². The average molecular weight is 653 g/mol. The third kappa shape index (κ3) is 5.23. The minimum absolute atomic E-state index is 0.220. The van der Waals surface area contributed by atoms with E-state index < -0.39 is 17.7 Å². The summed E-state index contributed by atoms with van der Waals surface area (Å²) in [5, 5.41) is 0. The summed E-state index contributed by atoms with van der Waals surface area (Å²) in [6.07, 6.45) is 21.4. The molecule has 4 aliphatic heterocycles. The topological polar surface area (TPSA) is 46.2 Å². The maximum atomic E-state index is 7.05. The largest absolute Gasteiger partial charge is 0.349 e. The van der Waals surface area contributed by atoms with Crippen molar-refractivity contribution in [1.82, 2.24) is 0 Å². The molecular formula is C42H68O5. The number of ether oxygens (including phenoxy) is 3. The Bertz CT molecular complexity index is 1200. The molecule has 16 atom stereocenters. The van der Waals surface area contributed by atoms with Gasteiger partial charge in [0.2, 0.25) is 5.79 Å². The van der Waals surface area contributed by atoms with Gasteiger partial charge in [0.25, 0.3) is 0 Å². The van der Waals surface area contributed by atoms with Crippen molar-refractivity contribution >= 4 is 0 Å². The summed E-state index contributed by atoms with van der Waals surface area (Å²) in [5.41, 5.74) is 2.08. The minimum Gasteiger partial charge on any atom is -0.349 e. The minimum atomic E-state index is -0.736. The molecule has 5 nitrogen and oxygen atoms in total. The summed E-state index contributed by atoms with van der Waals surface area (Å²) in [7, 11) is 0. The first kappa shape index (κ1) is 33.7. The van der Waals surface area contributed by atoms with Gasteiger partial charge in [-0.15, -0.1) is 0 Å². The molecule has 0 N–H and O–H groups in total. The van der Waals surface area contributed by atoms with E-state index in [1.807, 2.05) is 6.92 Å². The first-order valence-corrected chi connectivity index (χ1v) is 20.4. The molecule has 0 aromatic rings. The Morgan fingerprint density at radius 1 is 0.830 bits per heavy atom. The van der Waals surface area contributed by atoms with Crippen LogP contribution in [0.4, 0.5) is 0 Å². The predicted molar refractivity (Wildman–Crippen MR) is 185 cm³/mol. The quantitative estimate of drug-likeness (QED) is 0.202. The van der Waals surface area contributed by atoms with Crippen molar-refractivity contribution in [2.45, 2.75) is 182 Å². The van der Waals surface area contributed by atoms with Crippen LogP contribution in [0.15, 0.2) is 11.6 Å². The number of allylic oxidation sites excluding steroid dienone is 1. The van der Waals surface area contributed by atoms with Gasteiger partial charge in [0.1, 0.15) is 0 Å². The Balaban J connectivity index is 0.950. The average Bonchev–Trinajstić information content (AvgIpc) is 3.23. The Hall–Kier alpha value is -0.460. The van der Waals surface area contributed by atoms with Crippen molar-refractivity contribution < 1.29 is 24.0 Å². The van der Waals surface area contributed by atoms with Crippen molar-refractivity contribution in [1.29, 1.82) is 0 Å². The Morgan fingerprint density at radius 2 is 1.62 bits per heavy atom. The van der Waals surface area contributed by atoms with Crippen molar-refractivity contribution in [2.75, 3.05) is 0 Å². The number of hydrogen-bond donors (Lipinski definition) is 0. The molecule has 266 valence electrons. The van der Waals surface area contributed by atoms with Crippen LogP contribution in [0.3, 0.4) is 0 Å². The van der Waals surface area contributed by atoms with E-state index in [0.717, 1.165) is 67.6 Å². The van der Waals surface area contributed by atoms with Crippen molar-refractivity contribution in [3.05, 3.63) is 11.6 Å². The van der Waals surface area contributed by atoms with Crippen LogP contribution < -0.4 is 0 Å². The van der Waals surface area contributed by atoms with E-state index in [-0.39, 0.29) is 18.3 Å². The highest BCUT2D eigenvalue weighted by Crippen LogP contribution is 2.68. The molecule has 1 spiro atoms. The standard InChI is InChI=1S/C42H68O5/c1-25(2)10-9-11-26(3)32-16-17-35-31-14-13-29-24-30(18-21-39(29,6)36(31)19-22-40(32,35)7)43-37-28(5)34-15-12-27(4)33-20-23-41(8)45-38(44-37)42(33,34)47-46-41/h13,25-28,30-38H,9-12,14-24H2,1-8H3/t26-,27?,28-,30?,31+,32-,33?,34?,35+,36+,37?,38?,39+,40-,41?,42-/m1/s1. The third-order valence-corrected chi connectivity index (χ3v) is 16.7. The number of rotatable bonds is 7. The Morgan fingerprint density at radius 3 is 2.43 bits per heavy atom. The van der Waals surface area contributed by atoms with Crippen LogP contribution in [0.1, 0.15) is 152 Å². The number of fused-ring (bicyclic) bond motifs is 7. The maximum Gasteiger partial charge on any atom is 0.201 e. The van der Waals surface area contributed by atoms with Crippen LogP contribution in [-0.2, 0) is 24.0 Å². The molecule has 0 aromatic carbocycles. The lowest BCUT2D eigenvalue weighted by Gasteiger charge is -2.61. The summed E-state index contributed by atoms with van der Waals surface area (Å²) in [6.45, 7) is 19.5. The summed E-state index contributed by atoms with van der Waals surface area (Å²) in [6, 6.07) is 0. The van der Waals surface area contributed by atoms with Gasteiger partial charge in [-0.3, -0.25) is 0 Å². The van der Waals surface area contributed by atoms with E-state index in [4.69, 9.17) is 24.0 Å². The number of hydrogen-bond acceptors (Lipinski definition) is 5. The van der Waals surface area contributed by atoms with E-state index in [9.17, 15) is 0 Å². The Kier molecular flexibility index (Phi) is 8.64. The molecule has 5 heteroatoms. The van der Waals surface area contributed by atoms with Crippen molar-refractivity contribution in [3.8, 4) is 0 Å². The normalized spacial score (nSPS) is 54.1. The summed E-state index contributed by atoms with van der Waals surface area (Å²) in [5.74, 6) is 6.08. The zero-order valence-electron chi connectivity index (χ0n) is 31.2. The second-order valence-corrected chi connectivity index (χ2v) is 19.6. The van der Waals surface area contributed by atoms with Crippen LogP contribution in [0.2, 0.25) is 0 Å². The van der Waals surface area contributed by atoms with Gasteiger partial charge in [0.05, 0.1) is 6.10 Å². The van der Waals surface area contributed by atoms with Gasteiger partial charge < -0.3 is 14.2 Å². The van der Waals surface area contributed by atoms with Crippen LogP contribution >= 0.6 is 0 Å². The van der Waals surface area contributed by atoms with Gasteiger partial charge in [-0.1, -0.05) is 79.4 Å². The fraction of sp³-hybridized carbons (Fsp3) is 0.952. The highest BCUT2D eigenvalue weighted by atomic mass is 17.3. The SMILES string of the molecule is CC(C)CCC[C@@H](C)[C@H]1CC[C@H]2[C@@H]3CC=C4CC(OC5OC6OC7(C)CCC8C(C)CCC([C@H]5C)[C@@]68OO7)CC[C@]4(C)[C@H]3CC[C@]12C. The van der Waals surface area contributed by atoms with Crippen LogP contribution in [0.25, 0.3) is 0 Å². The molecule has 9 aliphatic rings. The summed E-state index contributed by atoms with van der Waals surface area (Å²) < 4.78 is 20.6. The van der Waals surface area contributed by atoms with Crippen LogP contribution in [-0.4, -0.2) is 30.1 Å². The van der Waals surface area contributed by atoms with E-state index >= 15 is 0 Å². The van der Waals surface area contributed by atoms with E-state index in [0.29, 0.717) is 28.6 Å². The molecule has 4 heterocycles. The molecule has 0 radical (unpaired) electrons. The summed E-state index contributed by atoms with van der Waals surface area (Å²) in [4.78, 5) is 12.4. The molecule has 4 saturated carbocycles. The fourth-order valence-electron chi connectivity index (χ4n) is 14.0. The van der Waals surface area contributed by atoms with E-state index in [1.165, 1.54) is 64.2 Å². The van der Waals surface area contributed by atoms with Crippen LogP contribution in [0, 0.1) is 70.0 Å². The zero-order chi connectivity index (χ0) is 32.9. The maximum absolute atomic E-state index is 7.05. The molecule has 9 rings (SSSR count). The van der Waals surface area contributed by atoms with Gasteiger partial charge in [0, 0.05) is 18.3 Å². The highest BCUT2D eigenvalue weighted by molar-refractivity contribution is 5.25. The second kappa shape index (κ2) is 12.1. The molecule has 2 bridgehead atoms. The lowest BCUT2D eigenvalue weighted by molar-refractivity contribution is -0.578. The first-order chi connectivity index (χ1) is 22.4. The monoisotopic (exact) mass is 653 g/mol. The first-order valence-electron chi connectivity index (χ1n) is 20.4. The van der Waals surface area contributed by atoms with Gasteiger partial charge in [-0.2, -0.15) is 0 Å². The van der Waals surface area contributed by atoms with Gasteiger partial charge in [-0.25, -0.2) is 9.78 Å². The van der Waals surface area contributed by atoms with Gasteiger partial charge >= 0.3 is 0 Å². The fourth-order valence-corrected chi connectivity index (χ4v) is 14.0. The van der Waals surface area contributed by atoms with E-state index in [1.54, 1.807) is 5.57 Å².